The number of furan rings is 1. The van der Waals surface area contributed by atoms with Crippen molar-refractivity contribution in [2.75, 3.05) is 6.61 Å². The minimum absolute atomic E-state index is 0.0566. The highest BCUT2D eigenvalue weighted by atomic mass is 16.7. The molecule has 47 heavy (non-hydrogen) atoms. The summed E-state index contributed by atoms with van der Waals surface area (Å²) < 4.78 is 23.9. The van der Waals surface area contributed by atoms with Gasteiger partial charge in [0, 0.05) is 23.2 Å². The second kappa shape index (κ2) is 11.8. The van der Waals surface area contributed by atoms with Gasteiger partial charge in [-0.25, -0.2) is 4.79 Å². The van der Waals surface area contributed by atoms with E-state index in [9.17, 15) is 55.2 Å². The van der Waals surface area contributed by atoms with Crippen molar-refractivity contribution in [2.45, 2.75) is 121 Å². The number of epoxide rings is 1. The van der Waals surface area contributed by atoms with Gasteiger partial charge in [0.15, 0.2) is 12.4 Å². The second-order valence-electron chi connectivity index (χ2n) is 14.8. The predicted molar refractivity (Wildman–Crippen MR) is 156 cm³/mol. The molecule has 4 aliphatic rings. The van der Waals surface area contributed by atoms with Crippen LogP contribution in [0.15, 0.2) is 22.8 Å². The molecule has 264 valence electrons. The first-order chi connectivity index (χ1) is 21.7. The molecule has 0 aromatic carbocycles. The molecule has 1 spiro atoms. The Bertz CT molecular complexity index is 1360. The summed E-state index contributed by atoms with van der Waals surface area (Å²) >= 11 is 0. The molecule has 3 heterocycles. The number of ketones is 1. The summed E-state index contributed by atoms with van der Waals surface area (Å²) in [6.07, 6.45) is -12.2. The van der Waals surface area contributed by atoms with E-state index in [1.54, 1.807) is 26.8 Å². The van der Waals surface area contributed by atoms with E-state index < -0.39 is 119 Å². The van der Waals surface area contributed by atoms with Gasteiger partial charge in [-0.1, -0.05) is 13.8 Å². The Morgan fingerprint density at radius 3 is 2.28 bits per heavy atom. The van der Waals surface area contributed by atoms with Crippen LogP contribution in [0.2, 0.25) is 0 Å². The molecule has 5 rings (SSSR count). The van der Waals surface area contributed by atoms with Gasteiger partial charge in [-0.2, -0.15) is 0 Å². The molecule has 0 bridgehead atoms. The number of ether oxygens (including phenoxy) is 3. The van der Waals surface area contributed by atoms with Crippen LogP contribution in [0.5, 0.6) is 0 Å². The molecular formula is C32H46O15. The fraction of sp³-hybridized carbons (Fsp3) is 0.781. The van der Waals surface area contributed by atoms with E-state index in [4.69, 9.17) is 18.6 Å². The molecule has 1 aromatic heterocycles. The number of carbonyl (C=O) groups excluding carboxylic acids is 1. The molecule has 8 N–H and O–H groups in total. The summed E-state index contributed by atoms with van der Waals surface area (Å²) in [5, 5.41) is 84.4. The number of rotatable bonds is 10. The van der Waals surface area contributed by atoms with E-state index in [1.807, 2.05) is 0 Å². The maximum Gasteiger partial charge on any atom is 0.335 e. The third-order valence-electron chi connectivity index (χ3n) is 12.0. The Morgan fingerprint density at radius 2 is 1.77 bits per heavy atom. The highest BCUT2D eigenvalue weighted by Gasteiger charge is 2.86. The average molecular weight is 671 g/mol. The SMILES string of the molecule is CC(C)(O)C1CC(=O)C2(C)C(CCC(C)(C(OC3OC(CO)C(O)C(O)C3O)c3ccco3)C23OC3C(=O)O)C1(C)C(O)CC(=O)O. The Morgan fingerprint density at radius 1 is 1.11 bits per heavy atom. The standard InChI is InChI=1S/C32H46O15/c1-28(2,43)17-11-19(35)31(5)16(30(17,4)18(34)12-20(36)37)8-9-29(3,32(31)25(47-32)26(41)42)24(14-7-6-10-44-14)46-27-23(40)22(39)21(38)15(13-33)45-27/h6-7,10,15-18,21-25,27,33-34,38-40,43H,8-9,11-13H2,1-5H3,(H,36,37)(H,41,42). The number of fused-ring (bicyclic) bond motifs is 2. The zero-order chi connectivity index (χ0) is 35.1. The number of carboxylic acid groups (broad SMARTS) is 2. The Labute approximate surface area is 271 Å². The number of aliphatic hydroxyl groups excluding tert-OH is 5. The molecule has 2 saturated heterocycles. The fourth-order valence-electron chi connectivity index (χ4n) is 9.64. The summed E-state index contributed by atoms with van der Waals surface area (Å²) in [4.78, 5) is 39.2. The molecule has 2 aliphatic heterocycles. The van der Waals surface area contributed by atoms with E-state index in [0.29, 0.717) is 0 Å². The monoisotopic (exact) mass is 670 g/mol. The highest BCUT2D eigenvalue weighted by Crippen LogP contribution is 2.77. The van der Waals surface area contributed by atoms with E-state index >= 15 is 0 Å². The number of hydrogen-bond acceptors (Lipinski definition) is 13. The van der Waals surface area contributed by atoms with Gasteiger partial charge in [0.1, 0.15) is 47.7 Å². The van der Waals surface area contributed by atoms with Gasteiger partial charge >= 0.3 is 11.9 Å². The molecule has 15 nitrogen and oxygen atoms in total. The molecule has 0 amide bonds. The van der Waals surface area contributed by atoms with Gasteiger partial charge in [0.25, 0.3) is 0 Å². The third kappa shape index (κ3) is 5.08. The average Bonchev–Trinajstić information content (AvgIpc) is 3.55. The molecule has 1 aromatic rings. The molecular weight excluding hydrogens is 624 g/mol. The van der Waals surface area contributed by atoms with Gasteiger partial charge in [-0.15, -0.1) is 0 Å². The lowest BCUT2D eigenvalue weighted by molar-refractivity contribution is -0.330. The Kier molecular flexibility index (Phi) is 9.03. The van der Waals surface area contributed by atoms with Gasteiger partial charge in [-0.3, -0.25) is 9.59 Å². The zero-order valence-electron chi connectivity index (χ0n) is 27.0. The van der Waals surface area contributed by atoms with Crippen LogP contribution in [0, 0.1) is 28.1 Å². The first-order valence-electron chi connectivity index (χ1n) is 15.8. The third-order valence-corrected chi connectivity index (χ3v) is 12.0. The maximum atomic E-state index is 14.6. The lowest BCUT2D eigenvalue weighted by Crippen LogP contribution is -2.72. The van der Waals surface area contributed by atoms with Crippen LogP contribution < -0.4 is 0 Å². The smallest absolute Gasteiger partial charge is 0.335 e. The number of aliphatic carboxylic acids is 2. The molecule has 4 fully saturated rings. The quantitative estimate of drug-likeness (QED) is 0.152. The van der Waals surface area contributed by atoms with Crippen molar-refractivity contribution in [3.8, 4) is 0 Å². The van der Waals surface area contributed by atoms with Gasteiger partial charge < -0.3 is 59.5 Å². The molecule has 14 atom stereocenters. The summed E-state index contributed by atoms with van der Waals surface area (Å²) in [6.45, 7) is 7.07. The van der Waals surface area contributed by atoms with Crippen LogP contribution in [0.25, 0.3) is 0 Å². The number of aliphatic hydroxyl groups is 6. The Hall–Kier alpha value is -2.47. The van der Waals surface area contributed by atoms with Crippen molar-refractivity contribution in [1.29, 1.82) is 0 Å². The van der Waals surface area contributed by atoms with Crippen molar-refractivity contribution in [2.24, 2.45) is 28.1 Å². The molecule has 14 unspecified atom stereocenters. The van der Waals surface area contributed by atoms with E-state index in [2.05, 4.69) is 0 Å². The lowest BCUT2D eigenvalue weighted by Gasteiger charge is -2.66. The molecule has 0 radical (unpaired) electrons. The molecule has 15 heteroatoms. The topological polar surface area (TPSA) is 257 Å². The lowest BCUT2D eigenvalue weighted by atomic mass is 9.37. The van der Waals surface area contributed by atoms with Crippen molar-refractivity contribution >= 4 is 17.7 Å². The normalized spacial score (nSPS) is 44.9. The summed E-state index contributed by atoms with van der Waals surface area (Å²) in [5.74, 6) is -4.78. The van der Waals surface area contributed by atoms with Gasteiger partial charge in [0.2, 0.25) is 0 Å². The summed E-state index contributed by atoms with van der Waals surface area (Å²) in [6, 6.07) is 3.08. The predicted octanol–water partition coefficient (Wildman–Crippen LogP) is -0.0162. The number of hydrogen-bond donors (Lipinski definition) is 8. The second-order valence-corrected chi connectivity index (χ2v) is 14.8. The van der Waals surface area contributed by atoms with E-state index in [1.165, 1.54) is 26.2 Å². The van der Waals surface area contributed by atoms with Crippen LogP contribution in [0.3, 0.4) is 0 Å². The molecule has 2 aliphatic carbocycles. The molecule has 2 saturated carbocycles. The number of carbonyl (C=O) groups is 3. The van der Waals surface area contributed by atoms with E-state index in [0.717, 1.165) is 0 Å². The largest absolute Gasteiger partial charge is 0.481 e. The first-order valence-corrected chi connectivity index (χ1v) is 15.8. The van der Waals surface area contributed by atoms with Crippen LogP contribution >= 0.6 is 0 Å². The highest BCUT2D eigenvalue weighted by molar-refractivity contribution is 5.92. The summed E-state index contributed by atoms with van der Waals surface area (Å²) in [7, 11) is 0. The van der Waals surface area contributed by atoms with E-state index in [-0.39, 0.29) is 25.0 Å². The van der Waals surface area contributed by atoms with Gasteiger partial charge in [0.05, 0.1) is 36.4 Å². The number of Topliss-reactive ketones (excluding diaryl/α,β-unsaturated/α-hetero) is 1. The zero-order valence-corrected chi connectivity index (χ0v) is 27.0. The van der Waals surface area contributed by atoms with Crippen LogP contribution in [-0.4, -0.2) is 119 Å². The van der Waals surface area contributed by atoms with Crippen molar-refractivity contribution in [3.63, 3.8) is 0 Å². The summed E-state index contributed by atoms with van der Waals surface area (Å²) in [5.41, 5.74) is -7.97. The first kappa shape index (κ1) is 35.8. The van der Waals surface area contributed by atoms with Crippen LogP contribution in [0.4, 0.5) is 0 Å². The maximum absolute atomic E-state index is 14.6. The fourth-order valence-corrected chi connectivity index (χ4v) is 9.64. The minimum Gasteiger partial charge on any atom is -0.481 e. The number of carboxylic acids is 2. The van der Waals surface area contributed by atoms with Crippen LogP contribution in [-0.2, 0) is 28.6 Å². The van der Waals surface area contributed by atoms with Crippen molar-refractivity contribution < 1.29 is 73.9 Å². The van der Waals surface area contributed by atoms with Gasteiger partial charge in [-0.05, 0) is 51.7 Å². The van der Waals surface area contributed by atoms with Crippen molar-refractivity contribution in [1.82, 2.24) is 0 Å². The minimum atomic E-state index is -1.85. The van der Waals surface area contributed by atoms with Crippen molar-refractivity contribution in [3.05, 3.63) is 24.2 Å². The Balaban J connectivity index is 1.67. The van der Waals surface area contributed by atoms with Crippen LogP contribution in [0.1, 0.15) is 72.2 Å².